The first-order chi connectivity index (χ1) is 13.4. The van der Waals surface area contributed by atoms with Crippen molar-refractivity contribution in [2.75, 3.05) is 7.11 Å². The van der Waals surface area contributed by atoms with E-state index in [1.165, 1.54) is 7.11 Å². The smallest absolute Gasteiger partial charge is 0.348 e. The van der Waals surface area contributed by atoms with Gasteiger partial charge < -0.3 is 13.9 Å². The van der Waals surface area contributed by atoms with E-state index in [9.17, 15) is 14.9 Å². The van der Waals surface area contributed by atoms with Crippen molar-refractivity contribution < 1.29 is 18.7 Å². The minimum Gasteiger partial charge on any atom is -0.469 e. The quantitative estimate of drug-likeness (QED) is 0.317. The third-order valence-corrected chi connectivity index (χ3v) is 5.94. The number of nitrogens with zero attached hydrogens (tertiary/aromatic N) is 1. The number of hydrogen-bond acceptors (Lipinski definition) is 5. The average Bonchev–Trinajstić information content (AvgIpc) is 2.97. The Morgan fingerprint density at radius 1 is 1.29 bits per heavy atom. The van der Waals surface area contributed by atoms with Crippen molar-refractivity contribution in [3.8, 4) is 6.07 Å². The molecular weight excluding hydrogens is 354 g/mol. The van der Waals surface area contributed by atoms with E-state index < -0.39 is 11.4 Å². The molecule has 1 aromatic heterocycles. The molecule has 1 heterocycles. The van der Waals surface area contributed by atoms with Crippen LogP contribution in [0.5, 0.6) is 0 Å². The lowest BCUT2D eigenvalue weighted by Gasteiger charge is -2.11. The molecule has 3 rings (SSSR count). The van der Waals surface area contributed by atoms with Crippen LogP contribution in [0.2, 0.25) is 0 Å². The first-order valence-corrected chi connectivity index (χ1v) is 9.14. The Morgan fingerprint density at radius 3 is 2.61 bits per heavy atom. The van der Waals surface area contributed by atoms with E-state index in [1.54, 1.807) is 12.3 Å². The molecule has 2 atom stereocenters. The number of esters is 1. The molecule has 0 saturated heterocycles. The number of rotatable bonds is 7. The van der Waals surface area contributed by atoms with Gasteiger partial charge in [0.05, 0.1) is 13.4 Å². The second kappa shape index (κ2) is 7.47. The third-order valence-electron chi connectivity index (χ3n) is 5.94. The summed E-state index contributed by atoms with van der Waals surface area (Å²) in [7, 11) is 1.23. The summed E-state index contributed by atoms with van der Waals surface area (Å²) in [5.74, 6) is -0.0720. The SMILES string of the molecule is COC(=O)/C(C#N)=C/C1C(C)(C)C1(C=O)Cc1coc(Cc2ccccc2)c1. The second-order valence-corrected chi connectivity index (χ2v) is 7.80. The highest BCUT2D eigenvalue weighted by molar-refractivity contribution is 5.93. The molecule has 1 saturated carbocycles. The maximum atomic E-state index is 12.1. The molecule has 0 radical (unpaired) electrons. The number of nitriles is 1. The second-order valence-electron chi connectivity index (χ2n) is 7.80. The predicted octanol–water partition coefficient (Wildman–Crippen LogP) is 3.88. The van der Waals surface area contributed by atoms with Crippen LogP contribution in [-0.2, 0) is 27.2 Å². The van der Waals surface area contributed by atoms with E-state index >= 15 is 0 Å². The molecule has 0 aliphatic heterocycles. The molecule has 5 heteroatoms. The van der Waals surface area contributed by atoms with E-state index in [1.807, 2.05) is 56.3 Å². The van der Waals surface area contributed by atoms with E-state index in [0.717, 1.165) is 23.2 Å². The van der Waals surface area contributed by atoms with Gasteiger partial charge in [-0.2, -0.15) is 5.26 Å². The summed E-state index contributed by atoms with van der Waals surface area (Å²) in [6.45, 7) is 3.94. The summed E-state index contributed by atoms with van der Waals surface area (Å²) in [5.41, 5.74) is 0.955. The Labute approximate surface area is 164 Å². The zero-order valence-electron chi connectivity index (χ0n) is 16.3. The van der Waals surface area contributed by atoms with Gasteiger partial charge in [-0.25, -0.2) is 4.79 Å². The zero-order chi connectivity index (χ0) is 20.4. The number of allylic oxidation sites excluding steroid dienone is 1. The summed E-state index contributed by atoms with van der Waals surface area (Å²) in [4.78, 5) is 23.8. The van der Waals surface area contributed by atoms with Crippen LogP contribution in [0.25, 0.3) is 0 Å². The number of aldehydes is 1. The molecule has 2 aromatic rings. The molecule has 0 bridgehead atoms. The predicted molar refractivity (Wildman–Crippen MR) is 103 cm³/mol. The van der Waals surface area contributed by atoms with Gasteiger partial charge in [0.2, 0.25) is 0 Å². The van der Waals surface area contributed by atoms with Crippen molar-refractivity contribution in [2.45, 2.75) is 26.7 Å². The highest BCUT2D eigenvalue weighted by Crippen LogP contribution is 2.69. The standard InChI is InChI=1S/C23H23NO4/c1-22(2)20(11-18(13-24)21(26)27-3)23(22,15-25)12-17-10-19(28-14-17)9-16-7-5-4-6-8-16/h4-8,10-11,14-15,20H,9,12H2,1-3H3/b18-11+. The molecule has 28 heavy (non-hydrogen) atoms. The third kappa shape index (κ3) is 3.38. The van der Waals surface area contributed by atoms with Gasteiger partial charge in [0, 0.05) is 11.8 Å². The van der Waals surface area contributed by atoms with E-state index in [-0.39, 0.29) is 16.9 Å². The van der Waals surface area contributed by atoms with Crippen LogP contribution in [0.3, 0.4) is 0 Å². The van der Waals surface area contributed by atoms with Crippen molar-refractivity contribution >= 4 is 12.3 Å². The Hall–Kier alpha value is -3.13. The molecule has 1 fully saturated rings. The molecule has 5 nitrogen and oxygen atoms in total. The lowest BCUT2D eigenvalue weighted by Crippen LogP contribution is -2.14. The Bertz CT molecular complexity index is 948. The fourth-order valence-corrected chi connectivity index (χ4v) is 4.07. The first-order valence-electron chi connectivity index (χ1n) is 9.14. The molecule has 0 amide bonds. The van der Waals surface area contributed by atoms with Gasteiger partial charge in [-0.15, -0.1) is 0 Å². The number of hydrogen-bond donors (Lipinski definition) is 0. The van der Waals surface area contributed by atoms with Crippen LogP contribution in [0.4, 0.5) is 0 Å². The van der Waals surface area contributed by atoms with Crippen LogP contribution < -0.4 is 0 Å². The van der Waals surface area contributed by atoms with Crippen molar-refractivity contribution in [3.63, 3.8) is 0 Å². The lowest BCUT2D eigenvalue weighted by atomic mass is 9.90. The minimum atomic E-state index is -0.684. The first kappa shape index (κ1) is 19.6. The van der Waals surface area contributed by atoms with Gasteiger partial charge >= 0.3 is 5.97 Å². The van der Waals surface area contributed by atoms with Crippen molar-refractivity contribution in [1.29, 1.82) is 5.26 Å². The van der Waals surface area contributed by atoms with Crippen LogP contribution >= 0.6 is 0 Å². The number of methoxy groups -OCH3 is 1. The molecule has 2 unspecified atom stereocenters. The van der Waals surface area contributed by atoms with Crippen molar-refractivity contribution in [3.05, 3.63) is 71.2 Å². The van der Waals surface area contributed by atoms with Gasteiger partial charge in [0.25, 0.3) is 0 Å². The largest absolute Gasteiger partial charge is 0.469 e. The lowest BCUT2D eigenvalue weighted by molar-refractivity contribution is -0.135. The normalized spacial score (nSPS) is 22.9. The van der Waals surface area contributed by atoms with Crippen LogP contribution in [0, 0.1) is 28.1 Å². The summed E-state index contributed by atoms with van der Waals surface area (Å²) in [5, 5.41) is 9.23. The molecule has 0 N–H and O–H groups in total. The van der Waals surface area contributed by atoms with Crippen LogP contribution in [-0.4, -0.2) is 19.4 Å². The molecule has 1 aliphatic rings. The molecule has 0 spiro atoms. The maximum Gasteiger partial charge on any atom is 0.348 e. The molecule has 144 valence electrons. The molecule has 1 aliphatic carbocycles. The maximum absolute atomic E-state index is 12.1. The van der Waals surface area contributed by atoms with E-state index in [2.05, 4.69) is 4.74 Å². The average molecular weight is 377 g/mol. The van der Waals surface area contributed by atoms with Crippen LogP contribution in [0.15, 0.2) is 58.7 Å². The van der Waals surface area contributed by atoms with E-state index in [4.69, 9.17) is 4.42 Å². The number of benzene rings is 1. The number of carbonyl (C=O) groups is 2. The van der Waals surface area contributed by atoms with E-state index in [0.29, 0.717) is 12.8 Å². The van der Waals surface area contributed by atoms with Gasteiger partial charge in [0.15, 0.2) is 0 Å². The summed E-state index contributed by atoms with van der Waals surface area (Å²) < 4.78 is 10.3. The number of ether oxygens (including phenoxy) is 1. The number of carbonyl (C=O) groups excluding carboxylic acids is 2. The fraction of sp³-hybridized carbons (Fsp3) is 0.348. The summed E-state index contributed by atoms with van der Waals surface area (Å²) >= 11 is 0. The summed E-state index contributed by atoms with van der Waals surface area (Å²) in [6.07, 6.45) is 5.38. The Kier molecular flexibility index (Phi) is 5.24. The number of furan rings is 1. The Morgan fingerprint density at radius 2 is 2.00 bits per heavy atom. The minimum absolute atomic E-state index is 0.0683. The van der Waals surface area contributed by atoms with Gasteiger partial charge in [0.1, 0.15) is 23.7 Å². The highest BCUT2D eigenvalue weighted by atomic mass is 16.5. The van der Waals surface area contributed by atoms with Crippen LogP contribution in [0.1, 0.15) is 30.7 Å². The van der Waals surface area contributed by atoms with Crippen molar-refractivity contribution in [1.82, 2.24) is 0 Å². The summed E-state index contributed by atoms with van der Waals surface area (Å²) in [6, 6.07) is 13.9. The zero-order valence-corrected chi connectivity index (χ0v) is 16.3. The molecular formula is C23H23NO4. The fourth-order valence-electron chi connectivity index (χ4n) is 4.07. The van der Waals surface area contributed by atoms with Crippen molar-refractivity contribution in [2.24, 2.45) is 16.7 Å². The van der Waals surface area contributed by atoms with Gasteiger partial charge in [-0.1, -0.05) is 50.3 Å². The highest BCUT2D eigenvalue weighted by Gasteiger charge is 2.70. The van der Waals surface area contributed by atoms with Gasteiger partial charge in [-0.05, 0) is 34.9 Å². The topological polar surface area (TPSA) is 80.3 Å². The molecule has 1 aromatic carbocycles. The Balaban J connectivity index is 1.80. The van der Waals surface area contributed by atoms with Gasteiger partial charge in [-0.3, -0.25) is 0 Å². The monoisotopic (exact) mass is 377 g/mol.